The molecule has 1 fully saturated rings. The Bertz CT molecular complexity index is 297. The predicted octanol–water partition coefficient (Wildman–Crippen LogP) is 0.834. The molecule has 18 heavy (non-hydrogen) atoms. The van der Waals surface area contributed by atoms with Gasteiger partial charge in [-0.1, -0.05) is 6.92 Å². The molecule has 0 aliphatic carbocycles. The lowest BCUT2D eigenvalue weighted by Gasteiger charge is -2.23. The third kappa shape index (κ3) is 3.98. The Morgan fingerprint density at radius 2 is 1.94 bits per heavy atom. The average molecular weight is 256 g/mol. The highest BCUT2D eigenvalue weighted by Gasteiger charge is 2.35. The molecule has 0 bridgehead atoms. The number of hydrogen-bond donors (Lipinski definition) is 2. The molecule has 5 heteroatoms. The van der Waals surface area contributed by atoms with E-state index in [4.69, 9.17) is 4.74 Å². The minimum Gasteiger partial charge on any atom is -0.376 e. The molecule has 1 aliphatic heterocycles. The van der Waals surface area contributed by atoms with Gasteiger partial charge in [-0.3, -0.25) is 9.59 Å². The first-order chi connectivity index (χ1) is 8.48. The van der Waals surface area contributed by atoms with E-state index >= 15 is 0 Å². The maximum Gasteiger partial charge on any atom is 0.235 e. The monoisotopic (exact) mass is 256 g/mol. The smallest absolute Gasteiger partial charge is 0.235 e. The normalized spacial score (nSPS) is 19.6. The Hall–Kier alpha value is -1.10. The second kappa shape index (κ2) is 6.73. The molecule has 2 amide bonds. The zero-order chi connectivity index (χ0) is 13.6. The molecule has 1 heterocycles. The second-order valence-corrected chi connectivity index (χ2v) is 5.23. The summed E-state index contributed by atoms with van der Waals surface area (Å²) in [6.07, 6.45) is 2.98. The maximum atomic E-state index is 12.0. The summed E-state index contributed by atoms with van der Waals surface area (Å²) in [6, 6.07) is 0. The van der Waals surface area contributed by atoms with Crippen LogP contribution >= 0.6 is 0 Å². The van der Waals surface area contributed by atoms with Crippen LogP contribution in [0.5, 0.6) is 0 Å². The first kappa shape index (κ1) is 15.0. The Kier molecular flexibility index (Phi) is 5.59. The highest BCUT2D eigenvalue weighted by molar-refractivity contribution is 6.04. The fraction of sp³-hybridized carbons (Fsp3) is 0.846. The Morgan fingerprint density at radius 3 is 2.50 bits per heavy atom. The van der Waals surface area contributed by atoms with Crippen molar-refractivity contribution in [1.29, 1.82) is 0 Å². The van der Waals surface area contributed by atoms with Crippen LogP contribution in [0.3, 0.4) is 0 Å². The van der Waals surface area contributed by atoms with Crippen LogP contribution in [0.25, 0.3) is 0 Å². The fourth-order valence-electron chi connectivity index (χ4n) is 1.80. The maximum absolute atomic E-state index is 12.0. The number of rotatable bonds is 6. The summed E-state index contributed by atoms with van der Waals surface area (Å²) < 4.78 is 5.43. The van der Waals surface area contributed by atoms with Gasteiger partial charge in [0.15, 0.2) is 0 Å². The number of nitrogens with one attached hydrogen (secondary N) is 2. The van der Waals surface area contributed by atoms with Crippen molar-refractivity contribution >= 4 is 11.8 Å². The lowest BCUT2D eigenvalue weighted by atomic mass is 9.91. The van der Waals surface area contributed by atoms with Gasteiger partial charge in [0.25, 0.3) is 0 Å². The molecular weight excluding hydrogens is 232 g/mol. The van der Waals surface area contributed by atoms with E-state index in [-0.39, 0.29) is 17.9 Å². The van der Waals surface area contributed by atoms with Gasteiger partial charge in [-0.15, -0.1) is 0 Å². The van der Waals surface area contributed by atoms with Gasteiger partial charge in [0.1, 0.15) is 5.41 Å². The number of hydrogen-bond acceptors (Lipinski definition) is 3. The minimum absolute atomic E-state index is 0.100. The van der Waals surface area contributed by atoms with Crippen molar-refractivity contribution in [2.24, 2.45) is 5.41 Å². The van der Waals surface area contributed by atoms with Gasteiger partial charge in [0.2, 0.25) is 11.8 Å². The topological polar surface area (TPSA) is 67.4 Å². The lowest BCUT2D eigenvalue weighted by Crippen LogP contribution is -2.49. The van der Waals surface area contributed by atoms with Crippen LogP contribution in [0.4, 0.5) is 0 Å². The number of ether oxygens (including phenoxy) is 1. The van der Waals surface area contributed by atoms with Crippen molar-refractivity contribution in [3.05, 3.63) is 0 Å². The van der Waals surface area contributed by atoms with Crippen molar-refractivity contribution in [1.82, 2.24) is 10.6 Å². The first-order valence-corrected chi connectivity index (χ1v) is 6.66. The van der Waals surface area contributed by atoms with E-state index in [1.54, 1.807) is 13.8 Å². The van der Waals surface area contributed by atoms with Crippen LogP contribution in [-0.4, -0.2) is 37.6 Å². The van der Waals surface area contributed by atoms with E-state index in [2.05, 4.69) is 10.6 Å². The summed E-state index contributed by atoms with van der Waals surface area (Å²) in [7, 11) is 0. The molecule has 1 aliphatic rings. The van der Waals surface area contributed by atoms with Gasteiger partial charge >= 0.3 is 0 Å². The molecule has 0 spiro atoms. The third-order valence-corrected chi connectivity index (χ3v) is 3.19. The quantitative estimate of drug-likeness (QED) is 0.692. The van der Waals surface area contributed by atoms with Crippen LogP contribution < -0.4 is 10.6 Å². The van der Waals surface area contributed by atoms with Crippen LogP contribution in [-0.2, 0) is 14.3 Å². The van der Waals surface area contributed by atoms with Crippen molar-refractivity contribution < 1.29 is 14.3 Å². The zero-order valence-electron chi connectivity index (χ0n) is 11.5. The predicted molar refractivity (Wildman–Crippen MR) is 69.1 cm³/mol. The van der Waals surface area contributed by atoms with E-state index in [0.29, 0.717) is 13.1 Å². The molecule has 1 saturated heterocycles. The van der Waals surface area contributed by atoms with E-state index in [9.17, 15) is 9.59 Å². The van der Waals surface area contributed by atoms with Crippen LogP contribution in [0.15, 0.2) is 0 Å². The molecule has 0 saturated carbocycles. The van der Waals surface area contributed by atoms with Gasteiger partial charge < -0.3 is 15.4 Å². The van der Waals surface area contributed by atoms with Gasteiger partial charge in [-0.25, -0.2) is 0 Å². The molecule has 1 unspecified atom stereocenters. The molecule has 0 radical (unpaired) electrons. The van der Waals surface area contributed by atoms with Crippen LogP contribution in [0.1, 0.15) is 40.0 Å². The largest absolute Gasteiger partial charge is 0.376 e. The molecule has 2 N–H and O–H groups in total. The average Bonchev–Trinajstić information content (AvgIpc) is 2.85. The van der Waals surface area contributed by atoms with Crippen LogP contribution in [0, 0.1) is 5.41 Å². The van der Waals surface area contributed by atoms with E-state index < -0.39 is 5.41 Å². The van der Waals surface area contributed by atoms with E-state index in [1.165, 1.54) is 0 Å². The third-order valence-electron chi connectivity index (χ3n) is 3.19. The van der Waals surface area contributed by atoms with Gasteiger partial charge in [0, 0.05) is 19.7 Å². The first-order valence-electron chi connectivity index (χ1n) is 6.66. The molecule has 104 valence electrons. The lowest BCUT2D eigenvalue weighted by molar-refractivity contribution is -0.141. The summed E-state index contributed by atoms with van der Waals surface area (Å²) in [5.74, 6) is -0.471. The van der Waals surface area contributed by atoms with Crippen molar-refractivity contribution in [2.75, 3.05) is 19.7 Å². The summed E-state index contributed by atoms with van der Waals surface area (Å²) in [4.78, 5) is 23.9. The summed E-state index contributed by atoms with van der Waals surface area (Å²) in [5, 5.41) is 5.55. The van der Waals surface area contributed by atoms with Crippen molar-refractivity contribution in [2.45, 2.75) is 46.1 Å². The van der Waals surface area contributed by atoms with Crippen molar-refractivity contribution in [3.63, 3.8) is 0 Å². The standard InChI is InChI=1S/C13H24N2O3/c1-4-7-14-11(16)13(2,3)12(17)15-9-10-6-5-8-18-10/h10H,4-9H2,1-3H3,(H,14,16)(H,15,17). The zero-order valence-corrected chi connectivity index (χ0v) is 11.5. The molecule has 0 aromatic rings. The molecule has 0 aromatic heterocycles. The molecule has 1 rings (SSSR count). The SMILES string of the molecule is CCCNC(=O)C(C)(C)C(=O)NCC1CCCO1. The van der Waals surface area contributed by atoms with Gasteiger partial charge in [-0.05, 0) is 33.1 Å². The second-order valence-electron chi connectivity index (χ2n) is 5.23. The van der Waals surface area contributed by atoms with E-state index in [0.717, 1.165) is 25.9 Å². The Labute approximate surface area is 109 Å². The van der Waals surface area contributed by atoms with Gasteiger partial charge in [-0.2, -0.15) is 0 Å². The summed E-state index contributed by atoms with van der Waals surface area (Å²) in [6.45, 7) is 7.11. The summed E-state index contributed by atoms with van der Waals surface area (Å²) in [5.41, 5.74) is -1.03. The highest BCUT2D eigenvalue weighted by atomic mass is 16.5. The molecule has 0 aromatic carbocycles. The number of carbonyl (C=O) groups is 2. The molecule has 5 nitrogen and oxygen atoms in total. The highest BCUT2D eigenvalue weighted by Crippen LogP contribution is 2.16. The minimum atomic E-state index is -1.03. The number of amides is 2. The van der Waals surface area contributed by atoms with Gasteiger partial charge in [0.05, 0.1) is 6.10 Å². The Morgan fingerprint density at radius 1 is 1.28 bits per heavy atom. The Balaban J connectivity index is 2.39. The summed E-state index contributed by atoms with van der Waals surface area (Å²) >= 11 is 0. The fourth-order valence-corrected chi connectivity index (χ4v) is 1.80. The molecule has 1 atom stereocenters. The van der Waals surface area contributed by atoms with Crippen molar-refractivity contribution in [3.8, 4) is 0 Å². The van der Waals surface area contributed by atoms with E-state index in [1.807, 2.05) is 6.92 Å². The molecular formula is C13H24N2O3. The van der Waals surface area contributed by atoms with Crippen LogP contribution in [0.2, 0.25) is 0 Å². The number of carbonyl (C=O) groups excluding carboxylic acids is 2.